The second-order valence-corrected chi connectivity index (χ2v) is 2.55. The van der Waals surface area contributed by atoms with E-state index >= 15 is 0 Å². The summed E-state index contributed by atoms with van der Waals surface area (Å²) >= 11 is 0. The van der Waals surface area contributed by atoms with E-state index in [4.69, 9.17) is 5.26 Å². The van der Waals surface area contributed by atoms with Gasteiger partial charge in [-0.2, -0.15) is 10.4 Å². The first-order valence-corrected chi connectivity index (χ1v) is 4.51. The molecule has 0 bridgehead atoms. The normalized spacial score (nSPS) is 9.00. The summed E-state index contributed by atoms with van der Waals surface area (Å²) < 4.78 is 1.61. The van der Waals surface area contributed by atoms with Crippen LogP contribution in [-0.2, 0) is 0 Å². The van der Waals surface area contributed by atoms with Gasteiger partial charge in [-0.05, 0) is 6.92 Å². The van der Waals surface area contributed by atoms with Crippen LogP contribution in [0.5, 0.6) is 0 Å². The highest BCUT2D eigenvalue weighted by atomic mass is 15.2. The maximum absolute atomic E-state index is 8.57. The maximum atomic E-state index is 8.57. The van der Waals surface area contributed by atoms with Crippen LogP contribution in [0.4, 0.5) is 0 Å². The molecule has 0 atom stereocenters. The summed E-state index contributed by atoms with van der Waals surface area (Å²) in [5.41, 5.74) is 2.33. The van der Waals surface area contributed by atoms with Crippen molar-refractivity contribution in [1.29, 1.82) is 5.26 Å². The second kappa shape index (κ2) is 4.38. The molecule has 0 amide bonds. The first kappa shape index (κ1) is 10.2. The Bertz CT molecular complexity index is 464. The minimum absolute atomic E-state index is 0.519. The molecule has 2 heterocycles. The van der Waals surface area contributed by atoms with E-state index in [-0.39, 0.29) is 0 Å². The second-order valence-electron chi connectivity index (χ2n) is 2.55. The summed E-state index contributed by atoms with van der Waals surface area (Å²) in [6, 6.07) is 2.01. The van der Waals surface area contributed by atoms with Gasteiger partial charge in [0.05, 0.1) is 18.0 Å². The van der Waals surface area contributed by atoms with Gasteiger partial charge in [0.2, 0.25) is 0 Å². The van der Waals surface area contributed by atoms with Gasteiger partial charge in [0.25, 0.3) is 0 Å². The molecule has 14 heavy (non-hydrogen) atoms. The third-order valence-corrected chi connectivity index (χ3v) is 1.66. The molecule has 0 saturated heterocycles. The van der Waals surface area contributed by atoms with Gasteiger partial charge in [-0.1, -0.05) is 13.8 Å². The number of hydrogen-bond acceptors (Lipinski definition) is 3. The molecule has 0 fully saturated rings. The highest BCUT2D eigenvalue weighted by Gasteiger charge is 2.00. The highest BCUT2D eigenvalue weighted by Crippen LogP contribution is 2.05. The lowest BCUT2D eigenvalue weighted by Gasteiger charge is -1.92. The molecule has 2 rings (SSSR count). The van der Waals surface area contributed by atoms with Crippen molar-refractivity contribution >= 4 is 5.65 Å². The molecule has 2 aromatic heterocycles. The zero-order valence-electron chi connectivity index (χ0n) is 8.52. The van der Waals surface area contributed by atoms with Crippen LogP contribution >= 0.6 is 0 Å². The van der Waals surface area contributed by atoms with Crippen molar-refractivity contribution in [3.8, 4) is 6.07 Å². The van der Waals surface area contributed by atoms with Crippen molar-refractivity contribution in [2.45, 2.75) is 20.8 Å². The molecule has 72 valence electrons. The third kappa shape index (κ3) is 1.72. The minimum Gasteiger partial charge on any atom is -0.235 e. The zero-order valence-corrected chi connectivity index (χ0v) is 8.52. The van der Waals surface area contributed by atoms with Gasteiger partial charge < -0.3 is 0 Å². The Morgan fingerprint density at radius 1 is 1.36 bits per heavy atom. The van der Waals surface area contributed by atoms with Gasteiger partial charge in [0.15, 0.2) is 5.65 Å². The van der Waals surface area contributed by atoms with Crippen molar-refractivity contribution in [3.63, 3.8) is 0 Å². The molecule has 2 aromatic rings. The number of fused-ring (bicyclic) bond motifs is 1. The Kier molecular flexibility index (Phi) is 3.19. The lowest BCUT2D eigenvalue weighted by atomic mass is 10.3. The molecule has 0 aliphatic rings. The van der Waals surface area contributed by atoms with E-state index in [2.05, 4.69) is 10.1 Å². The summed E-state index contributed by atoms with van der Waals surface area (Å²) in [6.45, 7) is 5.93. The largest absolute Gasteiger partial charge is 0.235 e. The molecular formula is C10H12N4. The lowest BCUT2D eigenvalue weighted by Crippen LogP contribution is -1.91. The van der Waals surface area contributed by atoms with Crippen molar-refractivity contribution < 1.29 is 0 Å². The Balaban J connectivity index is 0.000000461. The fraction of sp³-hybridized carbons (Fsp3) is 0.300. The van der Waals surface area contributed by atoms with Gasteiger partial charge in [-0.15, -0.1) is 0 Å². The standard InChI is InChI=1S/C8H6N4.C2H6/c1-6-3-11-12-5-7(2-9)4-10-8(6)12;1-2/h3-5H,1H3;1-2H3. The Labute approximate surface area is 82.8 Å². The Hall–Kier alpha value is -1.89. The van der Waals surface area contributed by atoms with E-state index in [1.54, 1.807) is 23.1 Å². The highest BCUT2D eigenvalue weighted by molar-refractivity contribution is 5.46. The van der Waals surface area contributed by atoms with Crippen LogP contribution in [0.1, 0.15) is 25.0 Å². The van der Waals surface area contributed by atoms with Gasteiger partial charge in [-0.3, -0.25) is 0 Å². The molecular weight excluding hydrogens is 176 g/mol. The van der Waals surface area contributed by atoms with Gasteiger partial charge >= 0.3 is 0 Å². The van der Waals surface area contributed by atoms with Gasteiger partial charge in [0, 0.05) is 11.8 Å². The summed E-state index contributed by atoms with van der Waals surface area (Å²) in [5.74, 6) is 0. The van der Waals surface area contributed by atoms with Gasteiger partial charge in [-0.25, -0.2) is 9.50 Å². The van der Waals surface area contributed by atoms with Crippen LogP contribution in [0.25, 0.3) is 5.65 Å². The Morgan fingerprint density at radius 2 is 2.07 bits per heavy atom. The number of aromatic nitrogens is 3. The molecule has 0 saturated carbocycles. The predicted octanol–water partition coefficient (Wildman–Crippen LogP) is 1.94. The molecule has 0 radical (unpaired) electrons. The van der Waals surface area contributed by atoms with Crippen molar-refractivity contribution in [3.05, 3.63) is 29.7 Å². The summed E-state index contributed by atoms with van der Waals surface area (Å²) in [6.07, 6.45) is 4.93. The van der Waals surface area contributed by atoms with Crippen LogP contribution in [0.2, 0.25) is 0 Å². The van der Waals surface area contributed by atoms with Crippen molar-refractivity contribution in [2.24, 2.45) is 0 Å². The maximum Gasteiger partial charge on any atom is 0.157 e. The topological polar surface area (TPSA) is 54.0 Å². The van der Waals surface area contributed by atoms with E-state index in [9.17, 15) is 0 Å². The molecule has 0 aromatic carbocycles. The molecule has 0 aliphatic carbocycles. The predicted molar refractivity (Wildman–Crippen MR) is 53.8 cm³/mol. The molecule has 0 aliphatic heterocycles. The first-order valence-electron chi connectivity index (χ1n) is 4.51. The van der Waals surface area contributed by atoms with E-state index in [0.29, 0.717) is 5.56 Å². The molecule has 0 spiro atoms. The third-order valence-electron chi connectivity index (χ3n) is 1.66. The zero-order chi connectivity index (χ0) is 10.6. The molecule has 0 unspecified atom stereocenters. The average Bonchev–Trinajstić information content (AvgIpc) is 2.63. The SMILES string of the molecule is CC.Cc1cnn2cc(C#N)cnc12. The van der Waals surface area contributed by atoms with Crippen LogP contribution in [0.15, 0.2) is 18.6 Å². The van der Waals surface area contributed by atoms with Crippen LogP contribution in [0, 0.1) is 18.3 Å². The fourth-order valence-corrected chi connectivity index (χ4v) is 1.05. The Morgan fingerprint density at radius 3 is 2.71 bits per heavy atom. The van der Waals surface area contributed by atoms with Gasteiger partial charge in [0.1, 0.15) is 6.07 Å². The number of nitrogens with zero attached hydrogens (tertiary/aromatic N) is 4. The number of aryl methyl sites for hydroxylation is 1. The van der Waals surface area contributed by atoms with E-state index in [1.165, 1.54) is 0 Å². The summed E-state index contributed by atoms with van der Waals surface area (Å²) in [4.78, 5) is 4.09. The first-order chi connectivity index (χ1) is 6.81. The summed E-state index contributed by atoms with van der Waals surface area (Å²) in [7, 11) is 0. The number of hydrogen-bond donors (Lipinski definition) is 0. The van der Waals surface area contributed by atoms with Crippen molar-refractivity contribution in [1.82, 2.24) is 14.6 Å². The fourth-order valence-electron chi connectivity index (χ4n) is 1.05. The number of rotatable bonds is 0. The quantitative estimate of drug-likeness (QED) is 0.634. The van der Waals surface area contributed by atoms with Crippen LogP contribution in [-0.4, -0.2) is 14.6 Å². The van der Waals surface area contributed by atoms with Crippen LogP contribution < -0.4 is 0 Å². The van der Waals surface area contributed by atoms with Crippen LogP contribution in [0.3, 0.4) is 0 Å². The molecule has 4 heteroatoms. The lowest BCUT2D eigenvalue weighted by molar-refractivity contribution is 0.934. The summed E-state index contributed by atoms with van der Waals surface area (Å²) in [5, 5.41) is 12.6. The van der Waals surface area contributed by atoms with E-state index in [1.807, 2.05) is 26.8 Å². The van der Waals surface area contributed by atoms with Crippen molar-refractivity contribution in [2.75, 3.05) is 0 Å². The molecule has 0 N–H and O–H groups in total. The number of nitriles is 1. The molecule has 4 nitrogen and oxygen atoms in total. The smallest absolute Gasteiger partial charge is 0.157 e. The average molecular weight is 188 g/mol. The minimum atomic E-state index is 0.519. The monoisotopic (exact) mass is 188 g/mol. The van der Waals surface area contributed by atoms with E-state index < -0.39 is 0 Å². The van der Waals surface area contributed by atoms with E-state index in [0.717, 1.165) is 11.2 Å².